The molecule has 1 fully saturated rings. The number of likely N-dealkylation sites (N-methyl/N-ethyl adjacent to an activating group) is 1. The second-order valence-corrected chi connectivity index (χ2v) is 8.32. The summed E-state index contributed by atoms with van der Waals surface area (Å²) in [5.74, 6) is -1.46. The van der Waals surface area contributed by atoms with Gasteiger partial charge in [0, 0.05) is 26.1 Å². The summed E-state index contributed by atoms with van der Waals surface area (Å²) in [4.78, 5) is 53.7. The van der Waals surface area contributed by atoms with Gasteiger partial charge in [0.05, 0.1) is 11.8 Å². The lowest BCUT2D eigenvalue weighted by Gasteiger charge is -2.29. The van der Waals surface area contributed by atoms with Crippen LogP contribution in [0.5, 0.6) is 0 Å². The fourth-order valence-corrected chi connectivity index (χ4v) is 4.35. The molecule has 1 aliphatic heterocycles. The molecule has 0 bridgehead atoms. The Morgan fingerprint density at radius 3 is 2.39 bits per heavy atom. The molecule has 1 saturated heterocycles. The van der Waals surface area contributed by atoms with Crippen molar-refractivity contribution >= 4 is 23.6 Å². The molecule has 1 aromatic carbocycles. The van der Waals surface area contributed by atoms with E-state index in [1.807, 2.05) is 50.3 Å². The average Bonchev–Trinajstić information content (AvgIpc) is 3.00. The van der Waals surface area contributed by atoms with Gasteiger partial charge in [-0.2, -0.15) is 0 Å². The molecule has 3 atom stereocenters. The lowest BCUT2D eigenvalue weighted by molar-refractivity contribution is -0.143. The molecule has 3 rings (SSSR count). The number of nitrogens with zero attached hydrogens (tertiary/aromatic N) is 2. The molecule has 0 radical (unpaired) electrons. The molecule has 1 aromatic rings. The summed E-state index contributed by atoms with van der Waals surface area (Å²) < 4.78 is 0. The number of benzene rings is 1. The van der Waals surface area contributed by atoms with E-state index in [0.717, 1.165) is 11.1 Å². The fourth-order valence-electron chi connectivity index (χ4n) is 4.35. The molecular weight excluding hydrogens is 394 g/mol. The summed E-state index contributed by atoms with van der Waals surface area (Å²) in [5, 5.41) is 2.76. The van der Waals surface area contributed by atoms with E-state index in [1.165, 1.54) is 9.80 Å². The van der Waals surface area contributed by atoms with Crippen LogP contribution in [-0.4, -0.2) is 52.6 Å². The molecule has 0 aromatic heterocycles. The average molecular weight is 426 g/mol. The first-order chi connectivity index (χ1) is 14.8. The van der Waals surface area contributed by atoms with Crippen molar-refractivity contribution in [3.63, 3.8) is 0 Å². The monoisotopic (exact) mass is 425 g/mol. The summed E-state index contributed by atoms with van der Waals surface area (Å²) in [7, 11) is 0. The maximum Gasteiger partial charge on any atom is 0.242 e. The van der Waals surface area contributed by atoms with Crippen molar-refractivity contribution in [2.45, 2.75) is 52.6 Å². The third-order valence-electron chi connectivity index (χ3n) is 6.10. The topological polar surface area (TPSA) is 86.8 Å². The van der Waals surface area contributed by atoms with Gasteiger partial charge in [-0.05, 0) is 39.2 Å². The maximum atomic E-state index is 13.2. The molecule has 1 aliphatic carbocycles. The Balaban J connectivity index is 1.71. The number of aryl methyl sites for hydroxylation is 1. The minimum absolute atomic E-state index is 0.0000900. The number of amides is 4. The van der Waals surface area contributed by atoms with Crippen LogP contribution >= 0.6 is 0 Å². The highest BCUT2D eigenvalue weighted by Gasteiger charge is 2.47. The highest BCUT2D eigenvalue weighted by Crippen LogP contribution is 2.35. The molecule has 1 unspecified atom stereocenters. The number of allylic oxidation sites excluding steroid dienone is 2. The smallest absolute Gasteiger partial charge is 0.242 e. The highest BCUT2D eigenvalue weighted by atomic mass is 16.2. The van der Waals surface area contributed by atoms with Crippen molar-refractivity contribution < 1.29 is 19.2 Å². The molecule has 31 heavy (non-hydrogen) atoms. The third kappa shape index (κ3) is 5.03. The van der Waals surface area contributed by atoms with E-state index in [1.54, 1.807) is 6.92 Å². The predicted octanol–water partition coefficient (Wildman–Crippen LogP) is 2.19. The molecule has 166 valence electrons. The van der Waals surface area contributed by atoms with E-state index in [9.17, 15) is 19.2 Å². The van der Waals surface area contributed by atoms with Gasteiger partial charge in [-0.3, -0.25) is 24.1 Å². The van der Waals surface area contributed by atoms with E-state index in [-0.39, 0.29) is 55.0 Å². The van der Waals surface area contributed by atoms with E-state index < -0.39 is 6.04 Å². The van der Waals surface area contributed by atoms with Gasteiger partial charge in [-0.1, -0.05) is 42.0 Å². The van der Waals surface area contributed by atoms with E-state index in [2.05, 4.69) is 5.32 Å². The number of carbonyl (C=O) groups is 4. The standard InChI is InChI=1S/C24H31N3O4/c1-4-25-22(29)17(3)27(15-18-9-7-8-16(2)14-18)21(28)12-13-26-23(30)19-10-5-6-11-20(19)24(26)31/h5-9,14,17,19-20H,4,10-13,15H2,1-3H3,(H,25,29)/t17?,19-,20+. The predicted molar refractivity (Wildman–Crippen MR) is 117 cm³/mol. The van der Waals surface area contributed by atoms with Crippen LogP contribution in [0.3, 0.4) is 0 Å². The van der Waals surface area contributed by atoms with E-state index >= 15 is 0 Å². The van der Waals surface area contributed by atoms with Gasteiger partial charge in [0.1, 0.15) is 6.04 Å². The third-order valence-corrected chi connectivity index (χ3v) is 6.10. The molecule has 7 heteroatoms. The summed E-state index contributed by atoms with van der Waals surface area (Å²) >= 11 is 0. The van der Waals surface area contributed by atoms with E-state index in [4.69, 9.17) is 0 Å². The normalized spacial score (nSPS) is 21.1. The first-order valence-corrected chi connectivity index (χ1v) is 11.0. The van der Waals surface area contributed by atoms with Crippen LogP contribution in [0.25, 0.3) is 0 Å². The number of hydrogen-bond donors (Lipinski definition) is 1. The molecule has 0 spiro atoms. The first-order valence-electron chi connectivity index (χ1n) is 11.0. The largest absolute Gasteiger partial charge is 0.355 e. The molecule has 0 saturated carbocycles. The number of rotatable bonds is 8. The van der Waals surface area contributed by atoms with Crippen LogP contribution in [0, 0.1) is 18.8 Å². The second kappa shape index (κ2) is 9.90. The van der Waals surface area contributed by atoms with Crippen molar-refractivity contribution in [3.05, 3.63) is 47.5 Å². The Hall–Kier alpha value is -2.96. The number of nitrogens with one attached hydrogen (secondary N) is 1. The number of likely N-dealkylation sites (tertiary alicyclic amines) is 1. The number of fused-ring (bicyclic) bond motifs is 1. The maximum absolute atomic E-state index is 13.2. The van der Waals surface area contributed by atoms with E-state index in [0.29, 0.717) is 19.4 Å². The molecule has 7 nitrogen and oxygen atoms in total. The Morgan fingerprint density at radius 1 is 1.16 bits per heavy atom. The number of carbonyl (C=O) groups excluding carboxylic acids is 4. The summed E-state index contributed by atoms with van der Waals surface area (Å²) in [6.07, 6.45) is 5.04. The zero-order valence-corrected chi connectivity index (χ0v) is 18.5. The van der Waals surface area contributed by atoms with Gasteiger partial charge in [-0.25, -0.2) is 0 Å². The van der Waals surface area contributed by atoms with Crippen LogP contribution in [0.1, 0.15) is 44.2 Å². The van der Waals surface area contributed by atoms with Crippen molar-refractivity contribution in [1.29, 1.82) is 0 Å². The lowest BCUT2D eigenvalue weighted by Crippen LogP contribution is -2.48. The summed E-state index contributed by atoms with van der Waals surface area (Å²) in [6.45, 7) is 6.32. The zero-order valence-electron chi connectivity index (χ0n) is 18.5. The van der Waals surface area contributed by atoms with Gasteiger partial charge < -0.3 is 10.2 Å². The SMILES string of the molecule is CCNC(=O)C(C)N(Cc1cccc(C)c1)C(=O)CCN1C(=O)[C@H]2CC=CC[C@H]2C1=O. The van der Waals surface area contributed by atoms with Crippen LogP contribution in [0.2, 0.25) is 0 Å². The minimum Gasteiger partial charge on any atom is -0.355 e. The lowest BCUT2D eigenvalue weighted by atomic mass is 9.85. The second-order valence-electron chi connectivity index (χ2n) is 8.32. The highest BCUT2D eigenvalue weighted by molar-refractivity contribution is 6.05. The Morgan fingerprint density at radius 2 is 1.81 bits per heavy atom. The molecule has 2 aliphatic rings. The Bertz CT molecular complexity index is 869. The zero-order chi connectivity index (χ0) is 22.5. The van der Waals surface area contributed by atoms with Crippen molar-refractivity contribution in [2.75, 3.05) is 13.1 Å². The Labute approximate surface area is 183 Å². The van der Waals surface area contributed by atoms with Crippen LogP contribution in [0.4, 0.5) is 0 Å². The first kappa shape index (κ1) is 22.7. The van der Waals surface area contributed by atoms with Crippen molar-refractivity contribution in [3.8, 4) is 0 Å². The van der Waals surface area contributed by atoms with Gasteiger partial charge >= 0.3 is 0 Å². The van der Waals surface area contributed by atoms with Crippen LogP contribution < -0.4 is 5.32 Å². The van der Waals surface area contributed by atoms with Gasteiger partial charge in [0.15, 0.2) is 0 Å². The van der Waals surface area contributed by atoms with Crippen LogP contribution in [-0.2, 0) is 25.7 Å². The molecule has 1 heterocycles. The van der Waals surface area contributed by atoms with Crippen molar-refractivity contribution in [1.82, 2.24) is 15.1 Å². The minimum atomic E-state index is -0.662. The van der Waals surface area contributed by atoms with Gasteiger partial charge in [0.25, 0.3) is 0 Å². The number of hydrogen-bond acceptors (Lipinski definition) is 4. The summed E-state index contributed by atoms with van der Waals surface area (Å²) in [6, 6.07) is 7.13. The van der Waals surface area contributed by atoms with Gasteiger partial charge in [-0.15, -0.1) is 0 Å². The Kier molecular flexibility index (Phi) is 7.25. The fraction of sp³-hybridized carbons (Fsp3) is 0.500. The van der Waals surface area contributed by atoms with Gasteiger partial charge in [0.2, 0.25) is 23.6 Å². The molecule has 1 N–H and O–H groups in total. The quantitative estimate of drug-likeness (QED) is 0.511. The number of imide groups is 1. The van der Waals surface area contributed by atoms with Crippen LogP contribution in [0.15, 0.2) is 36.4 Å². The molecular formula is C24H31N3O4. The molecule has 4 amide bonds. The summed E-state index contributed by atoms with van der Waals surface area (Å²) in [5.41, 5.74) is 2.00. The van der Waals surface area contributed by atoms with Crippen molar-refractivity contribution in [2.24, 2.45) is 11.8 Å².